The molecule has 172 valence electrons. The second-order valence-corrected chi connectivity index (χ2v) is 9.87. The molecule has 0 radical (unpaired) electrons. The van der Waals surface area contributed by atoms with Crippen molar-refractivity contribution in [1.82, 2.24) is 4.90 Å². The minimum Gasteiger partial charge on any atom is -0.362 e. The van der Waals surface area contributed by atoms with E-state index in [-0.39, 0.29) is 24.7 Å². The smallest absolute Gasteiger partial charge is 0.362 e. The number of hydrogen-bond acceptors (Lipinski definition) is 6. The fraction of sp³-hybridized carbons (Fsp3) is 0.632. The van der Waals surface area contributed by atoms with Crippen molar-refractivity contribution in [3.63, 3.8) is 0 Å². The van der Waals surface area contributed by atoms with Crippen LogP contribution >= 0.6 is 0 Å². The highest BCUT2D eigenvalue weighted by molar-refractivity contribution is 7.92. The maximum absolute atomic E-state index is 12.8. The number of amides is 1. The summed E-state index contributed by atoms with van der Waals surface area (Å²) in [7, 11) is -5.69. The summed E-state index contributed by atoms with van der Waals surface area (Å²) in [6.45, 7) is 1.21. The van der Waals surface area contributed by atoms with Gasteiger partial charge in [0.1, 0.15) is 5.69 Å². The molecule has 0 unspecified atom stereocenters. The van der Waals surface area contributed by atoms with Gasteiger partial charge in [0.2, 0.25) is 5.91 Å². The molecular weight excluding hydrogens is 439 g/mol. The van der Waals surface area contributed by atoms with Crippen molar-refractivity contribution in [3.8, 4) is 0 Å². The van der Waals surface area contributed by atoms with Crippen molar-refractivity contribution in [3.05, 3.63) is 28.3 Å². The molecule has 3 rings (SSSR count). The van der Waals surface area contributed by atoms with Crippen molar-refractivity contribution in [2.75, 3.05) is 31.1 Å². The van der Waals surface area contributed by atoms with Gasteiger partial charge in [0, 0.05) is 38.7 Å². The first-order valence-corrected chi connectivity index (χ1v) is 11.6. The Balaban J connectivity index is 1.71. The van der Waals surface area contributed by atoms with Crippen LogP contribution in [-0.4, -0.2) is 55.8 Å². The van der Waals surface area contributed by atoms with Crippen LogP contribution in [0.5, 0.6) is 0 Å². The molecule has 1 saturated heterocycles. The van der Waals surface area contributed by atoms with Gasteiger partial charge in [-0.15, -0.1) is 0 Å². The van der Waals surface area contributed by atoms with Gasteiger partial charge in [0.25, 0.3) is 15.5 Å². The van der Waals surface area contributed by atoms with Crippen LogP contribution in [0.25, 0.3) is 0 Å². The molecule has 0 bridgehead atoms. The van der Waals surface area contributed by atoms with Gasteiger partial charge in [0.05, 0.1) is 9.82 Å². The number of benzene rings is 1. The van der Waals surface area contributed by atoms with E-state index in [4.69, 9.17) is 0 Å². The molecule has 0 aromatic heterocycles. The lowest BCUT2D eigenvalue weighted by atomic mass is 9.86. The summed E-state index contributed by atoms with van der Waals surface area (Å²) < 4.78 is 61.5. The summed E-state index contributed by atoms with van der Waals surface area (Å²) in [6.07, 6.45) is 6.05. The first-order chi connectivity index (χ1) is 14.5. The van der Waals surface area contributed by atoms with Crippen LogP contribution in [0.15, 0.2) is 23.1 Å². The van der Waals surface area contributed by atoms with Crippen LogP contribution < -0.4 is 4.90 Å². The third kappa shape index (κ3) is 5.10. The van der Waals surface area contributed by atoms with E-state index in [1.807, 2.05) is 0 Å². The zero-order valence-corrected chi connectivity index (χ0v) is 17.6. The predicted octanol–water partition coefficient (Wildman–Crippen LogP) is 3.51. The van der Waals surface area contributed by atoms with E-state index in [1.54, 1.807) is 9.80 Å². The second-order valence-electron chi connectivity index (χ2n) is 7.93. The minimum atomic E-state index is -5.69. The minimum absolute atomic E-state index is 0.0329. The molecular formula is C19H24F3N3O5S. The maximum atomic E-state index is 12.8. The van der Waals surface area contributed by atoms with E-state index in [0.717, 1.165) is 37.8 Å². The van der Waals surface area contributed by atoms with E-state index in [9.17, 15) is 36.5 Å². The van der Waals surface area contributed by atoms with Crippen molar-refractivity contribution in [2.45, 2.75) is 48.9 Å². The van der Waals surface area contributed by atoms with Crippen LogP contribution in [0, 0.1) is 16.0 Å². The van der Waals surface area contributed by atoms with Gasteiger partial charge < -0.3 is 9.80 Å². The lowest BCUT2D eigenvalue weighted by molar-refractivity contribution is -0.384. The SMILES string of the molecule is O=C(CC1CCCCC1)N1CCN(c2ccc(S(=O)(=O)C(F)(F)F)cc2[N+](=O)[O-])CC1. The monoisotopic (exact) mass is 463 g/mol. The molecule has 1 aromatic carbocycles. The fourth-order valence-corrected chi connectivity index (χ4v) is 4.96. The largest absolute Gasteiger partial charge is 0.501 e. The maximum Gasteiger partial charge on any atom is 0.501 e. The molecule has 31 heavy (non-hydrogen) atoms. The number of carbonyl (C=O) groups is 1. The summed E-state index contributed by atoms with van der Waals surface area (Å²) in [5, 5.41) is 11.4. The molecule has 1 aromatic rings. The molecule has 1 amide bonds. The molecule has 0 N–H and O–H groups in total. The molecule has 12 heteroatoms. The predicted molar refractivity (Wildman–Crippen MR) is 106 cm³/mol. The molecule has 1 aliphatic carbocycles. The zero-order chi connectivity index (χ0) is 22.8. The van der Waals surface area contributed by atoms with Crippen LogP contribution in [-0.2, 0) is 14.6 Å². The molecule has 0 atom stereocenters. The van der Waals surface area contributed by atoms with Crippen molar-refractivity contribution < 1.29 is 31.3 Å². The number of rotatable bonds is 5. The van der Waals surface area contributed by atoms with Crippen LogP contribution in [0.2, 0.25) is 0 Å². The third-order valence-corrected chi connectivity index (χ3v) is 7.40. The fourth-order valence-electron chi connectivity index (χ4n) is 4.18. The number of alkyl halides is 3. The number of nitro groups is 1. The number of piperazine rings is 1. The van der Waals surface area contributed by atoms with Gasteiger partial charge in [-0.05, 0) is 30.9 Å². The van der Waals surface area contributed by atoms with E-state index in [1.165, 1.54) is 6.42 Å². The summed E-state index contributed by atoms with van der Waals surface area (Å²) in [5.41, 5.74) is -6.23. The second kappa shape index (κ2) is 9.01. The highest BCUT2D eigenvalue weighted by Gasteiger charge is 2.47. The first-order valence-electron chi connectivity index (χ1n) is 10.1. The van der Waals surface area contributed by atoms with Gasteiger partial charge in [-0.3, -0.25) is 14.9 Å². The molecule has 1 aliphatic heterocycles. The normalized spacial score (nSPS) is 18.8. The average Bonchev–Trinajstić information content (AvgIpc) is 2.73. The summed E-state index contributed by atoms with van der Waals surface area (Å²) in [6, 6.07) is 2.20. The Morgan fingerprint density at radius 3 is 2.26 bits per heavy atom. The van der Waals surface area contributed by atoms with Gasteiger partial charge in [-0.25, -0.2) is 8.42 Å². The number of nitro benzene ring substituents is 1. The van der Waals surface area contributed by atoms with Crippen molar-refractivity contribution in [1.29, 1.82) is 0 Å². The number of carbonyl (C=O) groups excluding carboxylic acids is 1. The molecule has 2 aliphatic rings. The Bertz CT molecular complexity index is 938. The average molecular weight is 463 g/mol. The van der Waals surface area contributed by atoms with Gasteiger partial charge in [-0.1, -0.05) is 19.3 Å². The number of anilines is 1. The molecule has 0 spiro atoms. The number of hydrogen-bond donors (Lipinski definition) is 0. The third-order valence-electron chi connectivity index (χ3n) is 5.92. The quantitative estimate of drug-likeness (QED) is 0.489. The van der Waals surface area contributed by atoms with Crippen LogP contribution in [0.1, 0.15) is 38.5 Å². The number of nitrogens with zero attached hydrogens (tertiary/aromatic N) is 3. The lowest BCUT2D eigenvalue weighted by Crippen LogP contribution is -2.49. The number of halogens is 3. The number of sulfone groups is 1. The van der Waals surface area contributed by atoms with E-state index < -0.39 is 30.9 Å². The first kappa shape index (κ1) is 23.3. The van der Waals surface area contributed by atoms with Crippen molar-refractivity contribution >= 4 is 27.1 Å². The molecule has 1 saturated carbocycles. The highest BCUT2D eigenvalue weighted by atomic mass is 32.2. The summed E-state index contributed by atoms with van der Waals surface area (Å²) in [4.78, 5) is 25.2. The van der Waals surface area contributed by atoms with Crippen molar-refractivity contribution in [2.24, 2.45) is 5.92 Å². The lowest BCUT2D eigenvalue weighted by Gasteiger charge is -2.36. The molecule has 2 fully saturated rings. The van der Waals surface area contributed by atoms with E-state index in [2.05, 4.69) is 0 Å². The Morgan fingerprint density at radius 1 is 1.10 bits per heavy atom. The van der Waals surface area contributed by atoms with Crippen LogP contribution in [0.3, 0.4) is 0 Å². The highest BCUT2D eigenvalue weighted by Crippen LogP contribution is 2.36. The van der Waals surface area contributed by atoms with Crippen LogP contribution in [0.4, 0.5) is 24.5 Å². The zero-order valence-electron chi connectivity index (χ0n) is 16.8. The molecule has 1 heterocycles. The Hall–Kier alpha value is -2.37. The standard InChI is InChI=1S/C19H24F3N3O5S/c20-19(21,22)31(29,30)15-6-7-16(17(13-15)25(27)28)23-8-10-24(11-9-23)18(26)12-14-4-2-1-3-5-14/h6-7,13-14H,1-5,8-12H2. The summed E-state index contributed by atoms with van der Waals surface area (Å²) >= 11 is 0. The van der Waals surface area contributed by atoms with Gasteiger partial charge in [0.15, 0.2) is 0 Å². The molecule has 8 nitrogen and oxygen atoms in total. The Labute approximate surface area is 178 Å². The van der Waals surface area contributed by atoms with E-state index >= 15 is 0 Å². The summed E-state index contributed by atoms with van der Waals surface area (Å²) in [5.74, 6) is 0.441. The van der Waals surface area contributed by atoms with E-state index in [0.29, 0.717) is 31.5 Å². The Kier molecular flexibility index (Phi) is 6.77. The van der Waals surface area contributed by atoms with Gasteiger partial charge in [-0.2, -0.15) is 13.2 Å². The van der Waals surface area contributed by atoms with Gasteiger partial charge >= 0.3 is 5.51 Å². The topological polar surface area (TPSA) is 101 Å². The Morgan fingerprint density at radius 2 is 1.71 bits per heavy atom.